The Balaban J connectivity index is 1.46. The molecule has 0 aliphatic heterocycles. The van der Waals surface area contributed by atoms with Crippen molar-refractivity contribution < 1.29 is 9.59 Å². The van der Waals surface area contributed by atoms with Crippen LogP contribution in [0.3, 0.4) is 0 Å². The molecular formula is C40H46N2O2. The van der Waals surface area contributed by atoms with E-state index in [-0.39, 0.29) is 11.6 Å². The number of hydrogen-bond donors (Lipinski definition) is 2. The number of ketones is 2. The normalized spacial score (nSPS) is 12.2. The van der Waals surface area contributed by atoms with Crippen LogP contribution in [0.4, 0.5) is 22.7 Å². The second-order valence-electron chi connectivity index (χ2n) is 12.3. The van der Waals surface area contributed by atoms with E-state index in [0.29, 0.717) is 33.6 Å². The van der Waals surface area contributed by atoms with Gasteiger partial charge < -0.3 is 10.6 Å². The van der Waals surface area contributed by atoms with Crippen molar-refractivity contribution in [2.24, 2.45) is 0 Å². The van der Waals surface area contributed by atoms with Crippen molar-refractivity contribution in [2.45, 2.75) is 91.9 Å². The molecule has 0 saturated heterocycles. The van der Waals surface area contributed by atoms with Crippen LogP contribution in [-0.2, 0) is 12.8 Å². The first-order valence-corrected chi connectivity index (χ1v) is 16.5. The maximum Gasteiger partial charge on any atom is 0.196 e. The second-order valence-corrected chi connectivity index (χ2v) is 12.3. The molecule has 4 nitrogen and oxygen atoms in total. The van der Waals surface area contributed by atoms with Gasteiger partial charge in [0.15, 0.2) is 11.6 Å². The molecule has 0 radical (unpaired) electrons. The van der Waals surface area contributed by atoms with Crippen LogP contribution in [0, 0.1) is 13.8 Å². The zero-order valence-corrected chi connectivity index (χ0v) is 26.8. The monoisotopic (exact) mass is 586 g/mol. The minimum atomic E-state index is -0.134. The van der Waals surface area contributed by atoms with Gasteiger partial charge in [-0.05, 0) is 86.1 Å². The van der Waals surface area contributed by atoms with Gasteiger partial charge in [0.2, 0.25) is 0 Å². The Labute approximate surface area is 263 Å². The van der Waals surface area contributed by atoms with E-state index in [0.717, 1.165) is 35.3 Å². The minimum Gasteiger partial charge on any atom is -0.355 e. The lowest BCUT2D eigenvalue weighted by molar-refractivity contribution is 0.0980. The highest BCUT2D eigenvalue weighted by molar-refractivity contribution is 6.32. The molecule has 4 aromatic carbocycles. The molecule has 44 heavy (non-hydrogen) atoms. The molecule has 0 bridgehead atoms. The SMILES string of the molecule is CCCCCCc1ccc(Nc2ccc(Nc3ccc(CCCCCC)cc3C)c3c2C(=O)c2ccccc2C3=O)c(C)c1. The standard InChI is InChI=1S/C40H46N2O2/c1-5-7-9-11-15-29-19-21-33(27(3)25-29)41-35-23-24-36(38-37(35)39(43)31-17-13-14-18-32(31)40(38)44)42-34-22-20-30(26-28(34)4)16-12-10-8-6-2/h13-14,17-26,41-42H,5-12,15-16H2,1-4H3. The molecule has 0 saturated carbocycles. The summed E-state index contributed by atoms with van der Waals surface area (Å²) < 4.78 is 0. The Hall–Kier alpha value is -4.18. The van der Waals surface area contributed by atoms with Gasteiger partial charge in [0.05, 0.1) is 22.5 Å². The molecule has 5 rings (SSSR count). The van der Waals surface area contributed by atoms with Crippen molar-refractivity contribution in [3.05, 3.63) is 117 Å². The average Bonchev–Trinajstić information content (AvgIpc) is 3.03. The Bertz CT molecular complexity index is 1530. The summed E-state index contributed by atoms with van der Waals surface area (Å²) in [6.07, 6.45) is 12.0. The van der Waals surface area contributed by atoms with Gasteiger partial charge in [0.1, 0.15) is 0 Å². The molecule has 228 valence electrons. The zero-order valence-electron chi connectivity index (χ0n) is 26.8. The predicted molar refractivity (Wildman–Crippen MR) is 184 cm³/mol. The van der Waals surface area contributed by atoms with Gasteiger partial charge in [-0.1, -0.05) is 101 Å². The van der Waals surface area contributed by atoms with Crippen molar-refractivity contribution in [1.29, 1.82) is 0 Å². The Morgan fingerprint density at radius 3 is 1.30 bits per heavy atom. The molecule has 1 aliphatic rings. The largest absolute Gasteiger partial charge is 0.355 e. The van der Waals surface area contributed by atoms with E-state index in [1.54, 1.807) is 12.1 Å². The smallest absolute Gasteiger partial charge is 0.196 e. The third kappa shape index (κ3) is 6.96. The highest BCUT2D eigenvalue weighted by Crippen LogP contribution is 2.39. The maximum absolute atomic E-state index is 14.0. The number of hydrogen-bond acceptors (Lipinski definition) is 4. The zero-order chi connectivity index (χ0) is 31.1. The van der Waals surface area contributed by atoms with Crippen molar-refractivity contribution in [2.75, 3.05) is 10.6 Å². The number of carbonyl (C=O) groups excluding carboxylic acids is 2. The molecule has 4 heteroatoms. The van der Waals surface area contributed by atoms with Crippen LogP contribution < -0.4 is 10.6 Å². The van der Waals surface area contributed by atoms with Gasteiger partial charge in [-0.3, -0.25) is 9.59 Å². The number of carbonyl (C=O) groups is 2. The fraction of sp³-hybridized carbons (Fsp3) is 0.350. The van der Waals surface area contributed by atoms with Gasteiger partial charge in [0.25, 0.3) is 0 Å². The third-order valence-corrected chi connectivity index (χ3v) is 8.83. The van der Waals surface area contributed by atoms with E-state index in [4.69, 9.17) is 0 Å². The Kier molecular flexibility index (Phi) is 10.3. The number of fused-ring (bicyclic) bond motifs is 2. The first-order valence-electron chi connectivity index (χ1n) is 16.5. The summed E-state index contributed by atoms with van der Waals surface area (Å²) in [5.41, 5.74) is 9.82. The van der Waals surface area contributed by atoms with Crippen molar-refractivity contribution in [1.82, 2.24) is 0 Å². The molecule has 0 spiro atoms. The number of aryl methyl sites for hydroxylation is 4. The molecule has 0 atom stereocenters. The minimum absolute atomic E-state index is 0.134. The summed E-state index contributed by atoms with van der Waals surface area (Å²) >= 11 is 0. The molecular weight excluding hydrogens is 540 g/mol. The van der Waals surface area contributed by atoms with Crippen molar-refractivity contribution in [3.8, 4) is 0 Å². The first kappa shape index (κ1) is 31.3. The number of anilines is 4. The van der Waals surface area contributed by atoms with E-state index in [1.807, 2.05) is 24.3 Å². The molecule has 2 N–H and O–H groups in total. The fourth-order valence-electron chi connectivity index (χ4n) is 6.28. The van der Waals surface area contributed by atoms with Crippen LogP contribution in [0.15, 0.2) is 72.8 Å². The average molecular weight is 587 g/mol. The highest BCUT2D eigenvalue weighted by atomic mass is 16.1. The van der Waals surface area contributed by atoms with Crippen LogP contribution in [0.5, 0.6) is 0 Å². The van der Waals surface area contributed by atoms with Crippen LogP contribution >= 0.6 is 0 Å². The van der Waals surface area contributed by atoms with E-state index in [9.17, 15) is 9.59 Å². The Morgan fingerprint density at radius 2 is 0.909 bits per heavy atom. The summed E-state index contributed by atoms with van der Waals surface area (Å²) in [7, 11) is 0. The second kappa shape index (κ2) is 14.5. The Morgan fingerprint density at radius 1 is 0.500 bits per heavy atom. The highest BCUT2D eigenvalue weighted by Gasteiger charge is 2.34. The van der Waals surface area contributed by atoms with Gasteiger partial charge in [0, 0.05) is 22.5 Å². The molecule has 0 fully saturated rings. The van der Waals surface area contributed by atoms with E-state index < -0.39 is 0 Å². The van der Waals surface area contributed by atoms with Crippen LogP contribution in [-0.4, -0.2) is 11.6 Å². The topological polar surface area (TPSA) is 58.2 Å². The summed E-state index contributed by atoms with van der Waals surface area (Å²) in [6, 6.07) is 24.0. The van der Waals surface area contributed by atoms with Crippen LogP contribution in [0.1, 0.15) is 119 Å². The molecule has 0 aromatic heterocycles. The van der Waals surface area contributed by atoms with Crippen molar-refractivity contribution in [3.63, 3.8) is 0 Å². The van der Waals surface area contributed by atoms with Gasteiger partial charge in [-0.25, -0.2) is 0 Å². The van der Waals surface area contributed by atoms with Crippen molar-refractivity contribution >= 4 is 34.3 Å². The summed E-state index contributed by atoms with van der Waals surface area (Å²) in [5, 5.41) is 7.05. The van der Waals surface area contributed by atoms with Crippen LogP contribution in [0.25, 0.3) is 0 Å². The van der Waals surface area contributed by atoms with E-state index in [2.05, 4.69) is 74.7 Å². The lowest BCUT2D eigenvalue weighted by Gasteiger charge is -2.25. The quantitative estimate of drug-likeness (QED) is 0.127. The molecule has 4 aromatic rings. The van der Waals surface area contributed by atoms with Gasteiger partial charge in [-0.2, -0.15) is 0 Å². The predicted octanol–water partition coefficient (Wildman–Crippen LogP) is 10.8. The van der Waals surface area contributed by atoms with Crippen LogP contribution in [0.2, 0.25) is 0 Å². The number of rotatable bonds is 14. The first-order chi connectivity index (χ1) is 21.4. The number of unbranched alkanes of at least 4 members (excludes halogenated alkanes) is 6. The molecule has 0 amide bonds. The summed E-state index contributed by atoms with van der Waals surface area (Å²) in [6.45, 7) is 8.66. The third-order valence-electron chi connectivity index (χ3n) is 8.83. The van der Waals surface area contributed by atoms with E-state index >= 15 is 0 Å². The fourth-order valence-corrected chi connectivity index (χ4v) is 6.28. The van der Waals surface area contributed by atoms with E-state index in [1.165, 1.54) is 62.5 Å². The summed E-state index contributed by atoms with van der Waals surface area (Å²) in [4.78, 5) is 28.0. The lowest BCUT2D eigenvalue weighted by Crippen LogP contribution is -2.23. The maximum atomic E-state index is 14.0. The number of benzene rings is 4. The molecule has 0 unspecified atom stereocenters. The lowest BCUT2D eigenvalue weighted by atomic mass is 9.82. The number of nitrogens with one attached hydrogen (secondary N) is 2. The summed E-state index contributed by atoms with van der Waals surface area (Å²) in [5.74, 6) is -0.267. The molecule has 0 heterocycles. The van der Waals surface area contributed by atoms with Gasteiger partial charge >= 0.3 is 0 Å². The molecule has 1 aliphatic carbocycles. The van der Waals surface area contributed by atoms with Gasteiger partial charge in [-0.15, -0.1) is 0 Å².